The van der Waals surface area contributed by atoms with Gasteiger partial charge in [-0.2, -0.15) is 0 Å². The zero-order valence-electron chi connectivity index (χ0n) is 12.4. The Morgan fingerprint density at radius 3 is 2.52 bits per heavy atom. The van der Waals surface area contributed by atoms with E-state index in [-0.39, 0.29) is 0 Å². The van der Waals surface area contributed by atoms with Crippen molar-refractivity contribution in [1.29, 1.82) is 0 Å². The number of rotatable bonds is 4. The normalized spacial score (nSPS) is 14.6. The molecule has 2 aromatic rings. The molecule has 3 rings (SSSR count). The first-order valence-corrected chi connectivity index (χ1v) is 7.24. The SMILES string of the molecule is COc1ccc(OC)c(C(O)c2ccc3c(c2)CCC3)c1. The van der Waals surface area contributed by atoms with E-state index in [9.17, 15) is 5.11 Å². The number of aliphatic hydroxyl groups is 1. The second kappa shape index (κ2) is 5.78. The van der Waals surface area contributed by atoms with Gasteiger partial charge in [0.05, 0.1) is 14.2 Å². The lowest BCUT2D eigenvalue weighted by molar-refractivity contribution is 0.214. The molecule has 1 unspecified atom stereocenters. The third kappa shape index (κ3) is 2.61. The first-order chi connectivity index (χ1) is 10.2. The molecular formula is C18H20O3. The molecule has 0 bridgehead atoms. The van der Waals surface area contributed by atoms with Crippen molar-refractivity contribution < 1.29 is 14.6 Å². The molecule has 0 heterocycles. The van der Waals surface area contributed by atoms with Crippen molar-refractivity contribution in [3.63, 3.8) is 0 Å². The topological polar surface area (TPSA) is 38.7 Å². The Kier molecular flexibility index (Phi) is 3.84. The fourth-order valence-corrected chi connectivity index (χ4v) is 2.99. The molecule has 0 spiro atoms. The van der Waals surface area contributed by atoms with Crippen molar-refractivity contribution in [3.8, 4) is 11.5 Å². The second-order valence-corrected chi connectivity index (χ2v) is 5.39. The van der Waals surface area contributed by atoms with Crippen molar-refractivity contribution >= 4 is 0 Å². The Morgan fingerprint density at radius 1 is 0.952 bits per heavy atom. The molecule has 21 heavy (non-hydrogen) atoms. The van der Waals surface area contributed by atoms with Crippen LogP contribution in [-0.4, -0.2) is 19.3 Å². The molecular weight excluding hydrogens is 264 g/mol. The molecule has 110 valence electrons. The number of hydrogen-bond acceptors (Lipinski definition) is 3. The summed E-state index contributed by atoms with van der Waals surface area (Å²) in [5.74, 6) is 1.38. The largest absolute Gasteiger partial charge is 0.497 e. The maximum Gasteiger partial charge on any atom is 0.125 e. The van der Waals surface area contributed by atoms with Gasteiger partial charge >= 0.3 is 0 Å². The minimum absolute atomic E-state index is 0.670. The number of benzene rings is 2. The summed E-state index contributed by atoms with van der Waals surface area (Å²) < 4.78 is 10.6. The number of ether oxygens (including phenoxy) is 2. The second-order valence-electron chi connectivity index (χ2n) is 5.39. The Balaban J connectivity index is 1.99. The predicted octanol–water partition coefficient (Wildman–Crippen LogP) is 3.27. The van der Waals surface area contributed by atoms with Crippen LogP contribution in [0.2, 0.25) is 0 Å². The van der Waals surface area contributed by atoms with Gasteiger partial charge in [0, 0.05) is 5.56 Å². The molecule has 1 aliphatic carbocycles. The zero-order chi connectivity index (χ0) is 14.8. The van der Waals surface area contributed by atoms with Gasteiger partial charge in [-0.05, 0) is 54.2 Å². The molecule has 0 fully saturated rings. The van der Waals surface area contributed by atoms with Gasteiger partial charge in [0.25, 0.3) is 0 Å². The number of aliphatic hydroxyl groups excluding tert-OH is 1. The standard InChI is InChI=1S/C18H20O3/c1-20-15-8-9-17(21-2)16(11-15)18(19)14-7-6-12-4-3-5-13(12)10-14/h6-11,18-19H,3-5H2,1-2H3. The van der Waals surface area contributed by atoms with Gasteiger partial charge in [0.15, 0.2) is 0 Å². The molecule has 0 saturated heterocycles. The van der Waals surface area contributed by atoms with E-state index in [1.165, 1.54) is 17.5 Å². The highest BCUT2D eigenvalue weighted by Gasteiger charge is 2.19. The van der Waals surface area contributed by atoms with Crippen LogP contribution in [0.3, 0.4) is 0 Å². The summed E-state index contributed by atoms with van der Waals surface area (Å²) in [7, 11) is 3.23. The Morgan fingerprint density at radius 2 is 1.76 bits per heavy atom. The van der Waals surface area contributed by atoms with E-state index < -0.39 is 6.10 Å². The Labute approximate surface area is 125 Å². The smallest absolute Gasteiger partial charge is 0.125 e. The maximum atomic E-state index is 10.7. The lowest BCUT2D eigenvalue weighted by atomic mass is 9.97. The fraction of sp³-hybridized carbons (Fsp3) is 0.333. The van der Waals surface area contributed by atoms with Crippen molar-refractivity contribution in [2.75, 3.05) is 14.2 Å². The zero-order valence-corrected chi connectivity index (χ0v) is 12.4. The van der Waals surface area contributed by atoms with Crippen LogP contribution >= 0.6 is 0 Å². The van der Waals surface area contributed by atoms with Crippen LogP contribution < -0.4 is 9.47 Å². The van der Waals surface area contributed by atoms with Crippen LogP contribution in [0.5, 0.6) is 11.5 Å². The molecule has 0 radical (unpaired) electrons. The molecule has 2 aromatic carbocycles. The highest BCUT2D eigenvalue weighted by Crippen LogP contribution is 2.34. The Bertz CT molecular complexity index is 649. The number of fused-ring (bicyclic) bond motifs is 1. The summed E-state index contributed by atoms with van der Waals surface area (Å²) in [5.41, 5.74) is 4.40. The summed E-state index contributed by atoms with van der Waals surface area (Å²) in [5, 5.41) is 10.7. The van der Waals surface area contributed by atoms with Crippen molar-refractivity contribution in [2.24, 2.45) is 0 Å². The summed E-state index contributed by atoms with van der Waals surface area (Å²) >= 11 is 0. The van der Waals surface area contributed by atoms with Gasteiger partial charge < -0.3 is 14.6 Å². The predicted molar refractivity (Wildman–Crippen MR) is 82.1 cm³/mol. The summed E-state index contributed by atoms with van der Waals surface area (Å²) in [6.07, 6.45) is 2.75. The minimum Gasteiger partial charge on any atom is -0.497 e. The fourth-order valence-electron chi connectivity index (χ4n) is 2.99. The molecule has 3 heteroatoms. The van der Waals surface area contributed by atoms with Gasteiger partial charge in [-0.1, -0.05) is 18.2 Å². The Hall–Kier alpha value is -2.00. The van der Waals surface area contributed by atoms with E-state index in [1.54, 1.807) is 14.2 Å². The molecule has 1 N–H and O–H groups in total. The lowest BCUT2D eigenvalue weighted by Crippen LogP contribution is -2.04. The number of aryl methyl sites for hydroxylation is 2. The van der Waals surface area contributed by atoms with E-state index >= 15 is 0 Å². The highest BCUT2D eigenvalue weighted by molar-refractivity contribution is 5.46. The van der Waals surface area contributed by atoms with E-state index in [4.69, 9.17) is 9.47 Å². The molecule has 0 saturated carbocycles. The van der Waals surface area contributed by atoms with Crippen LogP contribution in [0.1, 0.15) is 34.8 Å². The average molecular weight is 284 g/mol. The molecule has 3 nitrogen and oxygen atoms in total. The third-order valence-electron chi connectivity index (χ3n) is 4.17. The minimum atomic E-state index is -0.707. The molecule has 0 aromatic heterocycles. The van der Waals surface area contributed by atoms with Gasteiger partial charge in [-0.3, -0.25) is 0 Å². The quantitative estimate of drug-likeness (QED) is 0.936. The van der Waals surface area contributed by atoms with E-state index in [2.05, 4.69) is 12.1 Å². The van der Waals surface area contributed by atoms with Crippen molar-refractivity contribution in [1.82, 2.24) is 0 Å². The first-order valence-electron chi connectivity index (χ1n) is 7.24. The average Bonchev–Trinajstić information content (AvgIpc) is 3.01. The summed E-state index contributed by atoms with van der Waals surface area (Å²) in [4.78, 5) is 0. The lowest BCUT2D eigenvalue weighted by Gasteiger charge is -2.17. The summed E-state index contributed by atoms with van der Waals surface area (Å²) in [6, 6.07) is 11.7. The monoisotopic (exact) mass is 284 g/mol. The highest BCUT2D eigenvalue weighted by atomic mass is 16.5. The number of hydrogen-bond donors (Lipinski definition) is 1. The molecule has 1 aliphatic rings. The van der Waals surface area contributed by atoms with Crippen LogP contribution in [0.15, 0.2) is 36.4 Å². The van der Waals surface area contributed by atoms with E-state index in [0.717, 1.165) is 24.0 Å². The van der Waals surface area contributed by atoms with Gasteiger partial charge in [0.2, 0.25) is 0 Å². The third-order valence-corrected chi connectivity index (χ3v) is 4.17. The first kappa shape index (κ1) is 14.0. The van der Waals surface area contributed by atoms with Crippen LogP contribution in [0, 0.1) is 0 Å². The molecule has 0 aliphatic heterocycles. The van der Waals surface area contributed by atoms with Gasteiger partial charge in [-0.25, -0.2) is 0 Å². The van der Waals surface area contributed by atoms with Gasteiger partial charge in [0.1, 0.15) is 17.6 Å². The van der Waals surface area contributed by atoms with E-state index in [1.807, 2.05) is 24.3 Å². The maximum absolute atomic E-state index is 10.7. The number of methoxy groups -OCH3 is 2. The summed E-state index contributed by atoms with van der Waals surface area (Å²) in [6.45, 7) is 0. The molecule has 1 atom stereocenters. The van der Waals surface area contributed by atoms with Gasteiger partial charge in [-0.15, -0.1) is 0 Å². The van der Waals surface area contributed by atoms with Crippen molar-refractivity contribution in [2.45, 2.75) is 25.4 Å². The van der Waals surface area contributed by atoms with E-state index in [0.29, 0.717) is 11.5 Å². The van der Waals surface area contributed by atoms with Crippen LogP contribution in [0.25, 0.3) is 0 Å². The van der Waals surface area contributed by atoms with Crippen LogP contribution in [-0.2, 0) is 12.8 Å². The van der Waals surface area contributed by atoms with Crippen LogP contribution in [0.4, 0.5) is 0 Å². The molecule has 0 amide bonds. The van der Waals surface area contributed by atoms with Crippen molar-refractivity contribution in [3.05, 3.63) is 58.7 Å².